The first-order valence-corrected chi connectivity index (χ1v) is 38.4. The van der Waals surface area contributed by atoms with Gasteiger partial charge in [-0.15, -0.1) is 0 Å². The van der Waals surface area contributed by atoms with Crippen LogP contribution in [0.4, 0.5) is 4.39 Å². The number of Topliss-reactive ketones (excluding diaryl/α,β-unsaturated/α-hetero) is 1. The number of aromatic nitrogens is 2. The van der Waals surface area contributed by atoms with Crippen LogP contribution in [0.1, 0.15) is 85.9 Å². The number of carboxylic acid groups (broad SMARTS) is 1. The van der Waals surface area contributed by atoms with Crippen molar-refractivity contribution in [2.24, 2.45) is 0 Å². The molecule has 117 heavy (non-hydrogen) atoms. The number of carbonyl (C=O) groups is 4. The second-order valence-corrected chi connectivity index (χ2v) is 27.3. The van der Waals surface area contributed by atoms with Crippen LogP contribution in [0.5, 0.6) is 0 Å². The molecule has 1 aliphatic carbocycles. The van der Waals surface area contributed by atoms with Gasteiger partial charge in [0, 0.05) is 61.5 Å². The minimum Gasteiger partial charge on any atom is -0.547 e. The van der Waals surface area contributed by atoms with Crippen LogP contribution in [-0.4, -0.2) is 377 Å². The number of aliphatic carboxylic acids is 1. The summed E-state index contributed by atoms with van der Waals surface area (Å²) < 4.78 is 109. The number of nitrogens with zero attached hydrogens (tertiary/aromatic N) is 2. The third-order valence-electron chi connectivity index (χ3n) is 19.4. The molecule has 3 aromatic rings. The molecule has 41 nitrogen and oxygen atoms in total. The molecule has 0 saturated carbocycles. The van der Waals surface area contributed by atoms with Crippen molar-refractivity contribution < 1.29 is 205 Å². The van der Waals surface area contributed by atoms with Crippen molar-refractivity contribution in [3.8, 4) is 11.4 Å². The maximum absolute atomic E-state index is 15.4. The number of amides is 2. The van der Waals surface area contributed by atoms with E-state index in [0.717, 1.165) is 0 Å². The molecule has 0 bridgehead atoms. The molecule has 4 aliphatic rings. The van der Waals surface area contributed by atoms with Gasteiger partial charge in [0.15, 0.2) is 37.2 Å². The van der Waals surface area contributed by atoms with Gasteiger partial charge in [-0.2, -0.15) is 0 Å². The minimum absolute atomic E-state index is 0. The largest absolute Gasteiger partial charge is 1.00 e. The van der Waals surface area contributed by atoms with Gasteiger partial charge in [0.2, 0.25) is 11.8 Å². The number of ether oxygens (including phenoxy) is 17. The predicted octanol–water partition coefficient (Wildman–Crippen LogP) is -9.93. The smallest absolute Gasteiger partial charge is 0.547 e. The maximum Gasteiger partial charge on any atom is 1.00 e. The van der Waals surface area contributed by atoms with Crippen molar-refractivity contribution >= 4 is 34.5 Å². The van der Waals surface area contributed by atoms with Gasteiger partial charge in [0.05, 0.1) is 180 Å². The Morgan fingerprint density at radius 3 is 1.58 bits per heavy atom. The molecule has 0 radical (unpaired) electrons. The Labute approximate surface area is 697 Å². The summed E-state index contributed by atoms with van der Waals surface area (Å²) in [5.74, 6) is -3.51. The average molecular weight is 1690 g/mol. The van der Waals surface area contributed by atoms with Gasteiger partial charge in [0.25, 0.3) is 5.56 Å². The molecule has 16 unspecified atom stereocenters. The molecule has 3 aliphatic heterocycles. The van der Waals surface area contributed by atoms with Crippen LogP contribution in [0.3, 0.4) is 0 Å². The Hall–Kier alpha value is -4.65. The summed E-state index contributed by atoms with van der Waals surface area (Å²) in [5, 5.41) is 149. The molecule has 2 saturated heterocycles. The number of ketones is 1. The van der Waals surface area contributed by atoms with E-state index in [1.807, 2.05) is 6.92 Å². The van der Waals surface area contributed by atoms with Gasteiger partial charge in [-0.05, 0) is 61.8 Å². The van der Waals surface area contributed by atoms with E-state index in [0.29, 0.717) is 53.3 Å². The molecule has 16 N–H and O–H groups in total. The van der Waals surface area contributed by atoms with E-state index in [9.17, 15) is 85.3 Å². The summed E-state index contributed by atoms with van der Waals surface area (Å²) >= 11 is 0. The number of aliphatic hydroxyl groups is 13. The summed E-state index contributed by atoms with van der Waals surface area (Å²) in [6.45, 7) is 3.86. The Morgan fingerprint density at radius 2 is 1.11 bits per heavy atom. The van der Waals surface area contributed by atoms with Gasteiger partial charge in [0.1, 0.15) is 86.2 Å². The molecule has 0 spiro atoms. The number of rotatable bonds is 57. The number of hydrogen-bond acceptors (Lipinski definition) is 38. The normalized spacial score (nSPS) is 23.0. The Kier molecular flexibility index (Phi) is 47.6. The Morgan fingerprint density at radius 1 is 0.632 bits per heavy atom. The van der Waals surface area contributed by atoms with Crippen molar-refractivity contribution in [1.82, 2.24) is 25.5 Å². The van der Waals surface area contributed by atoms with Crippen LogP contribution in [0, 0.1) is 12.7 Å². The van der Waals surface area contributed by atoms with Crippen LogP contribution in [0.25, 0.3) is 22.3 Å². The van der Waals surface area contributed by atoms with Crippen molar-refractivity contribution in [2.45, 2.75) is 183 Å². The predicted molar refractivity (Wildman–Crippen MR) is 393 cm³/mol. The number of carboxylic acids is 1. The molecule has 7 rings (SSSR count). The number of carbonyl (C=O) groups excluding carboxylic acids is 4. The number of aryl methyl sites for hydroxylation is 1. The van der Waals surface area contributed by atoms with Crippen molar-refractivity contribution in [3.63, 3.8) is 0 Å². The van der Waals surface area contributed by atoms with Crippen molar-refractivity contribution in [2.75, 3.05) is 179 Å². The molecule has 43 heteroatoms. The zero-order valence-corrected chi connectivity index (χ0v) is 69.1. The molecule has 1 aromatic carbocycles. The number of benzene rings is 1. The first-order chi connectivity index (χ1) is 55.8. The topological polar surface area (TPSA) is 582 Å². The first kappa shape index (κ1) is 103. The van der Waals surface area contributed by atoms with Crippen LogP contribution >= 0.6 is 0 Å². The van der Waals surface area contributed by atoms with E-state index in [1.54, 1.807) is 13.8 Å². The summed E-state index contributed by atoms with van der Waals surface area (Å²) in [6.07, 6.45) is -16.9. The van der Waals surface area contributed by atoms with Crippen molar-refractivity contribution in [1.29, 1.82) is 0 Å². The summed E-state index contributed by atoms with van der Waals surface area (Å²) in [4.78, 5) is 68.5. The zero-order valence-electron chi connectivity index (χ0n) is 67.1. The molecule has 2 fully saturated rings. The maximum atomic E-state index is 15.4. The van der Waals surface area contributed by atoms with Gasteiger partial charge in [-0.1, -0.05) is 20.8 Å². The number of methoxy groups -OCH3 is 2. The minimum atomic E-state index is -2.61. The Balaban J connectivity index is 0.000000568. The first-order valence-electron chi connectivity index (χ1n) is 38.4. The van der Waals surface area contributed by atoms with E-state index in [4.69, 9.17) is 95.7 Å². The number of hydrogen-bond donors (Lipinski definition) is 16. The van der Waals surface area contributed by atoms with Gasteiger partial charge in [-0.25, -0.2) is 9.37 Å². The van der Waals surface area contributed by atoms with Gasteiger partial charge >= 0.3 is 29.6 Å². The third kappa shape index (κ3) is 30.4. The summed E-state index contributed by atoms with van der Waals surface area (Å²) in [6, 6.07) is 2.08. The second-order valence-electron chi connectivity index (χ2n) is 27.3. The van der Waals surface area contributed by atoms with Crippen LogP contribution in [-0.2, 0) is 125 Å². The molecule has 2 aromatic heterocycles. The molecule has 5 heterocycles. The average Bonchev–Trinajstić information content (AvgIpc) is 1.59. The van der Waals surface area contributed by atoms with Gasteiger partial charge in [-0.3, -0.25) is 19.2 Å². The van der Waals surface area contributed by atoms with Crippen LogP contribution < -0.4 is 56.2 Å². The Bertz CT molecular complexity index is 3500. The fraction of sp³-hybridized carbons (Fsp3) is 0.757. The number of pyridine rings is 2. The van der Waals surface area contributed by atoms with Crippen LogP contribution in [0.15, 0.2) is 16.9 Å². The van der Waals surface area contributed by atoms with E-state index in [-0.39, 0.29) is 234 Å². The van der Waals surface area contributed by atoms with Crippen molar-refractivity contribution in [3.05, 3.63) is 61.7 Å². The SMILES string of the molecule is CCC(CO)OC(COCC(=O)NCCOCCOCCOC1OC(CO)C(O)C(O)C1O)OC.CCC(CO)OC(COCC(=O)NCCOCCOCCOC1OC(CO)C(O)C(O)C1O)OCC(CO)OC(COCC(=O)CN[C@H]1CCc2c(C)c(F)cc3nc4c(c1c23)Cn1c-4cc([C@@](O)(CC)C(=O)[O-])c(CO)c1=O)OC.[Na+]. The molecular weight excluding hydrogens is 1580 g/mol. The fourth-order valence-corrected chi connectivity index (χ4v) is 12.7. The molecule has 662 valence electrons. The third-order valence-corrected chi connectivity index (χ3v) is 19.4. The summed E-state index contributed by atoms with van der Waals surface area (Å²) in [7, 11) is 2.78. The summed E-state index contributed by atoms with van der Waals surface area (Å²) in [5.41, 5.74) is -0.938. The second kappa shape index (κ2) is 54.1. The quantitative estimate of drug-likeness (QED) is 0.0111. The fourth-order valence-electron chi connectivity index (χ4n) is 12.7. The number of fused-ring (bicyclic) bond motifs is 4. The van der Waals surface area contributed by atoms with Crippen LogP contribution in [0.2, 0.25) is 0 Å². The number of aliphatic hydroxyl groups excluding tert-OH is 12. The number of nitrogens with one attached hydrogen (secondary N) is 3. The van der Waals surface area contributed by atoms with E-state index in [2.05, 4.69) is 16.0 Å². The van der Waals surface area contributed by atoms with E-state index < -0.39 is 154 Å². The standard InChI is InChI=1S/C53H77FN4O23.C21H41NO13.Na/c1-5-30(19-59)79-43(27-76-25-41(64)55-9-10-73-11-12-74-13-14-77-51-49(67)48(66)47(65)40(22-62)81-51)78-24-31(20-60)80-42(72-4)26-75-23-29(63)17-56-37-8-7-32-28(3)36(54)16-38-44(32)45(37)33-18-58-39(46(33)57-38)15-35(34(21-61)50(58)68)53(71,6-2)52(69)70;1-3-14(10-23)34-17(29-2)13-32-12-16(25)22-4-5-30-6-7-31-8-9-33-21-20(28)19(27)18(26)15(11-24)35-21;/h15-16,30-31,37,40,42-43,47-49,51,56,59-62,65-67,71H,5-14,17-27H2,1-4H3,(H,55,64)(H,69,70);14-15,17-21,23-24,26-28H,3-13H2,1-2H3,(H,22,25);/q;;+1/p-1/t30?,31?,37-,40?,42?,43?,47?,48?,49?,51?,53-;;/m0../s1. The van der Waals surface area contributed by atoms with Gasteiger partial charge < -0.3 is 177 Å². The monoisotopic (exact) mass is 1690 g/mol. The molecular formula is C74H117FN5NaO36. The molecule has 2 amide bonds. The van der Waals surface area contributed by atoms with E-state index >= 15 is 4.39 Å². The van der Waals surface area contributed by atoms with E-state index in [1.165, 1.54) is 37.8 Å². The molecule has 18 atom stereocenters. The zero-order chi connectivity index (χ0) is 85.0. The number of halogens is 1.